The van der Waals surface area contributed by atoms with Gasteiger partial charge in [-0.15, -0.1) is 0 Å². The lowest BCUT2D eigenvalue weighted by atomic mass is 9.72. The molecule has 4 nitrogen and oxygen atoms in total. The Morgan fingerprint density at radius 3 is 2.13 bits per heavy atom. The molecule has 2 aliphatic carbocycles. The van der Waals surface area contributed by atoms with Crippen LogP contribution >= 0.6 is 0 Å². The monoisotopic (exact) mass is 570 g/mol. The van der Waals surface area contributed by atoms with Gasteiger partial charge in [-0.1, -0.05) is 18.2 Å². The highest BCUT2D eigenvalue weighted by Gasteiger charge is 2.74. The fourth-order valence-electron chi connectivity index (χ4n) is 5.91. The molecular weight excluding hydrogens is 548 g/mol. The molecule has 4 rings (SSSR count). The number of carbonyl (C=O) groups is 1. The van der Waals surface area contributed by atoms with Crippen LogP contribution in [0.4, 0.5) is 35.1 Å². The summed E-state index contributed by atoms with van der Waals surface area (Å²) in [6.07, 6.45) is -13.2. The molecule has 208 valence electrons. The van der Waals surface area contributed by atoms with Crippen LogP contribution in [0.25, 0.3) is 0 Å². The van der Waals surface area contributed by atoms with E-state index in [9.17, 15) is 48.3 Å². The number of hydrogen-bond donors (Lipinski definition) is 0. The highest BCUT2D eigenvalue weighted by Crippen LogP contribution is 2.60. The van der Waals surface area contributed by atoms with E-state index in [1.54, 1.807) is 6.92 Å². The summed E-state index contributed by atoms with van der Waals surface area (Å²) in [6, 6.07) is 5.26. The molecule has 0 radical (unpaired) electrons. The molecule has 3 atom stereocenters. The number of benzene rings is 2. The first-order valence-corrected chi connectivity index (χ1v) is 13.1. The van der Waals surface area contributed by atoms with Crippen molar-refractivity contribution >= 4 is 15.8 Å². The molecule has 0 heterocycles. The fraction of sp³-hybridized carbons (Fsp3) is 0.480. The van der Waals surface area contributed by atoms with E-state index in [1.165, 1.54) is 0 Å². The zero-order valence-electron chi connectivity index (χ0n) is 19.8. The van der Waals surface area contributed by atoms with E-state index in [2.05, 4.69) is 0 Å². The Labute approximate surface area is 212 Å². The minimum Gasteiger partial charge on any atom is -0.466 e. The van der Waals surface area contributed by atoms with Crippen LogP contribution in [0.2, 0.25) is 0 Å². The number of fused-ring (bicyclic) bond motifs is 3. The lowest BCUT2D eigenvalue weighted by Crippen LogP contribution is -2.51. The summed E-state index contributed by atoms with van der Waals surface area (Å²) in [6.45, 7) is 1.56. The Kier molecular flexibility index (Phi) is 6.85. The minimum absolute atomic E-state index is 0.00712. The zero-order chi connectivity index (χ0) is 28.3. The predicted octanol–water partition coefficient (Wildman–Crippen LogP) is 6.32. The Morgan fingerprint density at radius 1 is 0.974 bits per heavy atom. The summed E-state index contributed by atoms with van der Waals surface area (Å²) >= 11 is 0. The Balaban J connectivity index is 1.95. The van der Waals surface area contributed by atoms with Gasteiger partial charge in [0, 0.05) is 5.56 Å². The van der Waals surface area contributed by atoms with Gasteiger partial charge < -0.3 is 4.74 Å². The Morgan fingerprint density at radius 2 is 1.58 bits per heavy atom. The molecule has 0 saturated heterocycles. The smallest absolute Gasteiger partial charge is 0.435 e. The minimum atomic E-state index is -6.34. The fourth-order valence-corrected chi connectivity index (χ4v) is 8.38. The number of ether oxygens (including phenoxy) is 1. The second kappa shape index (κ2) is 9.20. The number of rotatable bonds is 5. The van der Waals surface area contributed by atoms with Crippen molar-refractivity contribution in [1.82, 2.24) is 0 Å². The molecule has 0 aliphatic heterocycles. The number of esters is 1. The van der Waals surface area contributed by atoms with Crippen LogP contribution in [0, 0.1) is 17.7 Å². The van der Waals surface area contributed by atoms with E-state index >= 15 is 0 Å². The van der Waals surface area contributed by atoms with Crippen LogP contribution in [0.3, 0.4) is 0 Å². The first-order valence-electron chi connectivity index (χ1n) is 11.7. The van der Waals surface area contributed by atoms with Crippen molar-refractivity contribution in [3.63, 3.8) is 0 Å². The van der Waals surface area contributed by atoms with Crippen molar-refractivity contribution in [2.75, 3.05) is 6.61 Å². The van der Waals surface area contributed by atoms with Crippen molar-refractivity contribution in [2.24, 2.45) is 11.8 Å². The number of halogens is 8. The maximum atomic E-state index is 14.8. The van der Waals surface area contributed by atoms with Crippen molar-refractivity contribution in [1.29, 1.82) is 0 Å². The maximum absolute atomic E-state index is 14.8. The van der Waals surface area contributed by atoms with Crippen LogP contribution in [0.1, 0.15) is 42.9 Å². The molecule has 2 aromatic carbocycles. The van der Waals surface area contributed by atoms with E-state index in [0.29, 0.717) is 12.1 Å². The molecule has 13 heteroatoms. The zero-order valence-corrected chi connectivity index (χ0v) is 20.6. The number of sulfone groups is 1. The molecular formula is C25H22F8O4S. The van der Waals surface area contributed by atoms with Gasteiger partial charge in [-0.3, -0.25) is 4.79 Å². The average Bonchev–Trinajstić information content (AvgIpc) is 3.24. The van der Waals surface area contributed by atoms with E-state index in [4.69, 9.17) is 4.74 Å². The lowest BCUT2D eigenvalue weighted by molar-refractivity contribution is -0.348. The van der Waals surface area contributed by atoms with Crippen molar-refractivity contribution in [3.05, 3.63) is 65.0 Å². The van der Waals surface area contributed by atoms with E-state index in [0.717, 1.165) is 30.3 Å². The Hall–Kier alpha value is -2.70. The van der Waals surface area contributed by atoms with E-state index in [-0.39, 0.29) is 48.3 Å². The van der Waals surface area contributed by atoms with Gasteiger partial charge in [-0.05, 0) is 73.9 Å². The first kappa shape index (κ1) is 28.3. The normalized spacial score (nSPS) is 24.0. The number of carbonyl (C=O) groups excluding carboxylic acids is 1. The molecule has 0 amide bonds. The van der Waals surface area contributed by atoms with Gasteiger partial charge in [0.25, 0.3) is 0 Å². The third kappa shape index (κ3) is 3.99. The topological polar surface area (TPSA) is 60.4 Å². The molecule has 0 spiro atoms. The maximum Gasteiger partial charge on any atom is 0.435 e. The third-order valence-electron chi connectivity index (χ3n) is 7.57. The number of aryl methyl sites for hydroxylation is 1. The molecule has 0 N–H and O–H groups in total. The molecule has 0 aromatic heterocycles. The van der Waals surface area contributed by atoms with Gasteiger partial charge in [0.15, 0.2) is 9.84 Å². The van der Waals surface area contributed by atoms with Gasteiger partial charge >= 0.3 is 24.0 Å². The first-order chi connectivity index (χ1) is 17.5. The number of alkyl halides is 7. The predicted molar refractivity (Wildman–Crippen MR) is 118 cm³/mol. The highest BCUT2D eigenvalue weighted by atomic mass is 32.2. The van der Waals surface area contributed by atoms with Gasteiger partial charge in [-0.2, -0.15) is 26.3 Å². The molecule has 2 aliphatic rings. The average molecular weight is 570 g/mol. The molecule has 2 aromatic rings. The summed E-state index contributed by atoms with van der Waals surface area (Å²) in [5.74, 6) is -3.26. The molecule has 1 saturated carbocycles. The van der Waals surface area contributed by atoms with Crippen molar-refractivity contribution in [2.45, 2.75) is 60.3 Å². The standard InChI is InChI=1S/C25H22F8O4S/c1-2-37-21(34)18-11-12-22(38(35,36)17-7-5-16(26)6-8-17)19-10-4-15(13-14(19)3-9-20(18)22)23(27,24(28,29)30)25(31,32)33/h4-8,10,13,18,20H,2-3,9,11-12H2,1H3/t18?,20-,22+/m1/s1. The highest BCUT2D eigenvalue weighted by molar-refractivity contribution is 7.92. The van der Waals surface area contributed by atoms with Gasteiger partial charge in [0.1, 0.15) is 10.6 Å². The summed E-state index contributed by atoms with van der Waals surface area (Å²) < 4.78 is 140. The summed E-state index contributed by atoms with van der Waals surface area (Å²) in [5, 5.41) is 0. The van der Waals surface area contributed by atoms with Crippen LogP contribution in [0.5, 0.6) is 0 Å². The summed E-state index contributed by atoms with van der Waals surface area (Å²) in [4.78, 5) is 12.4. The molecule has 38 heavy (non-hydrogen) atoms. The van der Waals surface area contributed by atoms with E-state index in [1.807, 2.05) is 0 Å². The van der Waals surface area contributed by atoms with Gasteiger partial charge in [-0.25, -0.2) is 17.2 Å². The van der Waals surface area contributed by atoms with Crippen molar-refractivity contribution < 1.29 is 53.1 Å². The molecule has 1 fully saturated rings. The van der Waals surface area contributed by atoms with Crippen molar-refractivity contribution in [3.8, 4) is 0 Å². The largest absolute Gasteiger partial charge is 0.466 e. The van der Waals surface area contributed by atoms with E-state index < -0.39 is 61.8 Å². The van der Waals surface area contributed by atoms with Crippen LogP contribution in [-0.4, -0.2) is 33.3 Å². The third-order valence-corrected chi connectivity index (χ3v) is 10.1. The van der Waals surface area contributed by atoms with Crippen LogP contribution in [-0.2, 0) is 36.2 Å². The summed E-state index contributed by atoms with van der Waals surface area (Å²) in [7, 11) is -4.49. The Bertz CT molecular complexity index is 1320. The molecule has 1 unspecified atom stereocenters. The van der Waals surface area contributed by atoms with Crippen LogP contribution in [0.15, 0.2) is 47.4 Å². The molecule has 0 bridgehead atoms. The number of hydrogen-bond acceptors (Lipinski definition) is 4. The second-order valence-electron chi connectivity index (χ2n) is 9.42. The summed E-state index contributed by atoms with van der Waals surface area (Å²) in [5.41, 5.74) is -7.72. The van der Waals surface area contributed by atoms with Crippen LogP contribution < -0.4 is 0 Å². The van der Waals surface area contributed by atoms with Gasteiger partial charge in [0.05, 0.1) is 17.4 Å². The second-order valence-corrected chi connectivity index (χ2v) is 11.6. The van der Waals surface area contributed by atoms with Gasteiger partial charge in [0.2, 0.25) is 0 Å². The quantitative estimate of drug-likeness (QED) is 0.240. The lowest BCUT2D eigenvalue weighted by Gasteiger charge is -2.42. The SMILES string of the molecule is CCOC(=O)C1CC[C@]2(S(=O)(=O)c3ccc(F)cc3)c3ccc(C(F)(C(F)(F)F)C(F)(F)F)cc3CC[C@H]12.